The third kappa shape index (κ3) is 2.55. The van der Waals surface area contributed by atoms with E-state index in [9.17, 15) is 0 Å². The van der Waals surface area contributed by atoms with E-state index in [1.165, 1.54) is 0 Å². The summed E-state index contributed by atoms with van der Waals surface area (Å²) < 4.78 is 7.57. The Kier molecular flexibility index (Phi) is 3.84. The van der Waals surface area contributed by atoms with Crippen LogP contribution in [-0.4, -0.2) is 48.7 Å². The maximum absolute atomic E-state index is 2.60. The van der Waals surface area contributed by atoms with Crippen molar-refractivity contribution >= 4 is 9.28 Å². The maximum atomic E-state index is 2.60. The first kappa shape index (κ1) is 12.6. The monoisotopic (exact) mass is 227 g/mol. The zero-order valence-electron chi connectivity index (χ0n) is 11.0. The fourth-order valence-electron chi connectivity index (χ4n) is 2.08. The molecule has 0 aromatic heterocycles. The van der Waals surface area contributed by atoms with Gasteiger partial charge in [0.2, 0.25) is 0 Å². The fourth-order valence-corrected chi connectivity index (χ4v) is 5.15. The number of rotatable bonds is 3. The second-order valence-electron chi connectivity index (χ2n) is 5.11. The molecule has 0 fully saturated rings. The predicted octanol–water partition coefficient (Wildman–Crippen LogP) is 1.56. The van der Waals surface area contributed by atoms with Gasteiger partial charge in [0.1, 0.15) is 0 Å². The van der Waals surface area contributed by atoms with Gasteiger partial charge >= 0.3 is 9.28 Å². The summed E-state index contributed by atoms with van der Waals surface area (Å²) >= 11 is 0. The predicted molar refractivity (Wildman–Crippen MR) is 68.6 cm³/mol. The third-order valence-corrected chi connectivity index (χ3v) is 6.72. The molecule has 0 radical (unpaired) electrons. The van der Waals surface area contributed by atoms with E-state index >= 15 is 0 Å². The summed E-state index contributed by atoms with van der Waals surface area (Å²) in [7, 11) is 1.06. The molecule has 15 heavy (non-hydrogen) atoms. The van der Waals surface area contributed by atoms with Crippen molar-refractivity contribution in [2.45, 2.75) is 40.2 Å². The molecule has 1 atom stereocenters. The Hall–Kier alpha value is -0.483. The molecule has 0 N–H and O–H groups in total. The minimum Gasteiger partial charge on any atom is -0.379 e. The molecule has 1 rings (SSSR count). The van der Waals surface area contributed by atoms with Gasteiger partial charge in [0.05, 0.1) is 0 Å². The lowest BCUT2D eigenvalue weighted by atomic mass is 10.1. The van der Waals surface area contributed by atoms with Gasteiger partial charge in [0, 0.05) is 17.9 Å². The van der Waals surface area contributed by atoms with Gasteiger partial charge < -0.3 is 9.13 Å². The molecule has 0 aromatic carbocycles. The molecular formula is C11H25N3Si. The van der Waals surface area contributed by atoms with Gasteiger partial charge in [-0.1, -0.05) is 13.8 Å². The highest BCUT2D eigenvalue weighted by Gasteiger charge is 2.37. The van der Waals surface area contributed by atoms with E-state index in [0.717, 1.165) is 13.1 Å². The first-order chi connectivity index (χ1) is 6.91. The van der Waals surface area contributed by atoms with Crippen LogP contribution in [0.4, 0.5) is 0 Å². The van der Waals surface area contributed by atoms with Crippen molar-refractivity contribution in [3.63, 3.8) is 0 Å². The quantitative estimate of drug-likeness (QED) is 0.678. The normalized spacial score (nSPS) is 21.9. The Bertz CT molecular complexity index is 230. The lowest BCUT2D eigenvalue weighted by molar-refractivity contribution is 0.278. The van der Waals surface area contributed by atoms with Crippen molar-refractivity contribution in [2.75, 3.05) is 20.1 Å². The van der Waals surface area contributed by atoms with Gasteiger partial charge in [-0.25, -0.2) is 0 Å². The van der Waals surface area contributed by atoms with Gasteiger partial charge in [-0.05, 0) is 40.9 Å². The molecule has 1 aliphatic heterocycles. The van der Waals surface area contributed by atoms with Crippen LogP contribution in [0.15, 0.2) is 12.4 Å². The highest BCUT2D eigenvalue weighted by atomic mass is 28.3. The van der Waals surface area contributed by atoms with Crippen LogP contribution in [0.3, 0.4) is 0 Å². The zero-order valence-corrected chi connectivity index (χ0v) is 12.1. The molecule has 0 saturated carbocycles. The van der Waals surface area contributed by atoms with E-state index in [2.05, 4.69) is 67.8 Å². The molecule has 1 aliphatic rings. The standard InChI is InChI=1S/C11H25N3Si/c1-7-13(8-2)15-12(6)9-10-14(15)11(3,4)5/h9-10,15H,7-8H2,1-6H3. The molecule has 0 bridgehead atoms. The van der Waals surface area contributed by atoms with Crippen LogP contribution in [0.1, 0.15) is 34.6 Å². The molecule has 0 saturated heterocycles. The first-order valence-corrected chi connectivity index (χ1v) is 7.39. The van der Waals surface area contributed by atoms with E-state index in [1.54, 1.807) is 0 Å². The molecule has 88 valence electrons. The van der Waals surface area contributed by atoms with Crippen LogP contribution < -0.4 is 0 Å². The minimum atomic E-state index is -1.14. The van der Waals surface area contributed by atoms with Crippen LogP contribution in [0.5, 0.6) is 0 Å². The van der Waals surface area contributed by atoms with Gasteiger partial charge in [0.25, 0.3) is 0 Å². The average Bonchev–Trinajstić information content (AvgIpc) is 2.50. The summed E-state index contributed by atoms with van der Waals surface area (Å²) in [5.41, 5.74) is 0.237. The molecule has 0 aliphatic carbocycles. The van der Waals surface area contributed by atoms with Gasteiger partial charge in [-0.15, -0.1) is 0 Å². The highest BCUT2D eigenvalue weighted by Crippen LogP contribution is 2.23. The molecule has 1 heterocycles. The summed E-state index contributed by atoms with van der Waals surface area (Å²) in [4.78, 5) is 0. The summed E-state index contributed by atoms with van der Waals surface area (Å²) in [5.74, 6) is 0. The van der Waals surface area contributed by atoms with Crippen LogP contribution in [0.25, 0.3) is 0 Å². The summed E-state index contributed by atoms with van der Waals surface area (Å²) in [6.45, 7) is 13.7. The van der Waals surface area contributed by atoms with Gasteiger partial charge in [-0.2, -0.15) is 0 Å². The Morgan fingerprint density at radius 1 is 1.13 bits per heavy atom. The van der Waals surface area contributed by atoms with Crippen molar-refractivity contribution in [3.05, 3.63) is 12.4 Å². The zero-order chi connectivity index (χ0) is 11.6. The first-order valence-electron chi connectivity index (χ1n) is 5.84. The third-order valence-electron chi connectivity index (χ3n) is 2.99. The van der Waals surface area contributed by atoms with E-state index in [0.29, 0.717) is 0 Å². The van der Waals surface area contributed by atoms with Crippen molar-refractivity contribution in [1.29, 1.82) is 0 Å². The van der Waals surface area contributed by atoms with E-state index in [-0.39, 0.29) is 5.54 Å². The SMILES string of the molecule is CCN(CC)[SiH]1N(C)C=CN1C(C)(C)C. The van der Waals surface area contributed by atoms with Crippen LogP contribution in [-0.2, 0) is 0 Å². The second kappa shape index (κ2) is 4.57. The number of hydrogen-bond acceptors (Lipinski definition) is 3. The molecule has 4 heteroatoms. The Balaban J connectivity index is 2.84. The van der Waals surface area contributed by atoms with Crippen molar-refractivity contribution < 1.29 is 0 Å². The van der Waals surface area contributed by atoms with Crippen LogP contribution >= 0.6 is 0 Å². The molecule has 0 aromatic rings. The average molecular weight is 227 g/mol. The number of nitrogens with zero attached hydrogens (tertiary/aromatic N) is 3. The Morgan fingerprint density at radius 2 is 1.67 bits per heavy atom. The van der Waals surface area contributed by atoms with Gasteiger partial charge in [-0.3, -0.25) is 4.57 Å². The van der Waals surface area contributed by atoms with Crippen molar-refractivity contribution in [2.24, 2.45) is 0 Å². The molecule has 3 nitrogen and oxygen atoms in total. The summed E-state index contributed by atoms with van der Waals surface area (Å²) in [6, 6.07) is 0. The summed E-state index contributed by atoms with van der Waals surface area (Å²) in [5, 5.41) is 0. The van der Waals surface area contributed by atoms with Crippen molar-refractivity contribution in [1.82, 2.24) is 13.7 Å². The van der Waals surface area contributed by atoms with Gasteiger partial charge in [0.15, 0.2) is 0 Å². The Morgan fingerprint density at radius 3 is 2.07 bits per heavy atom. The largest absolute Gasteiger partial charge is 0.379 e. The molecular weight excluding hydrogens is 202 g/mol. The topological polar surface area (TPSA) is 9.72 Å². The lowest BCUT2D eigenvalue weighted by Crippen LogP contribution is -2.60. The molecule has 1 unspecified atom stereocenters. The number of hydrogen-bond donors (Lipinski definition) is 0. The van der Waals surface area contributed by atoms with Crippen LogP contribution in [0.2, 0.25) is 0 Å². The smallest absolute Gasteiger partial charge is 0.332 e. The lowest BCUT2D eigenvalue weighted by Gasteiger charge is -2.43. The Labute approximate surface area is 96.2 Å². The van der Waals surface area contributed by atoms with E-state index < -0.39 is 9.28 Å². The van der Waals surface area contributed by atoms with E-state index in [4.69, 9.17) is 0 Å². The fraction of sp³-hybridized carbons (Fsp3) is 0.818. The van der Waals surface area contributed by atoms with Crippen LogP contribution in [0, 0.1) is 0 Å². The van der Waals surface area contributed by atoms with E-state index in [1.807, 2.05) is 0 Å². The summed E-state index contributed by atoms with van der Waals surface area (Å²) in [6.07, 6.45) is 4.48. The molecule has 0 amide bonds. The molecule has 0 spiro atoms. The maximum Gasteiger partial charge on any atom is 0.332 e. The minimum absolute atomic E-state index is 0.237. The highest BCUT2D eigenvalue weighted by molar-refractivity contribution is 6.51. The van der Waals surface area contributed by atoms with Crippen molar-refractivity contribution in [3.8, 4) is 0 Å². The second-order valence-corrected chi connectivity index (χ2v) is 7.90.